The number of nitrogens with zero attached hydrogens (tertiary/aromatic N) is 2. The van der Waals surface area contributed by atoms with E-state index < -0.39 is 0 Å². The first-order valence-electron chi connectivity index (χ1n) is 6.03. The lowest BCUT2D eigenvalue weighted by Crippen LogP contribution is -2.33. The molecule has 16 heavy (non-hydrogen) atoms. The minimum atomic E-state index is 0.343. The van der Waals surface area contributed by atoms with Crippen LogP contribution in [-0.2, 0) is 13.6 Å². The molecule has 0 fully saturated rings. The first-order valence-corrected chi connectivity index (χ1v) is 6.03. The fourth-order valence-electron chi connectivity index (χ4n) is 1.55. The van der Waals surface area contributed by atoms with Crippen molar-refractivity contribution in [1.29, 1.82) is 0 Å². The van der Waals surface area contributed by atoms with Crippen molar-refractivity contribution in [2.24, 2.45) is 18.4 Å². The molecular weight excluding hydrogens is 198 g/mol. The molecule has 3 heteroatoms. The topological polar surface area (TPSA) is 29.9 Å². The Labute approximate surface area is 99.2 Å². The maximum absolute atomic E-state index is 4.34. The summed E-state index contributed by atoms with van der Waals surface area (Å²) in [5, 5.41) is 7.86. The first-order chi connectivity index (χ1) is 7.33. The van der Waals surface area contributed by atoms with Crippen molar-refractivity contribution >= 4 is 0 Å². The van der Waals surface area contributed by atoms with E-state index in [1.54, 1.807) is 0 Å². The Hall–Kier alpha value is -0.830. The van der Waals surface area contributed by atoms with Gasteiger partial charge in [0.05, 0.1) is 5.69 Å². The van der Waals surface area contributed by atoms with Crippen LogP contribution in [0.4, 0.5) is 0 Å². The minimum absolute atomic E-state index is 0.343. The Morgan fingerprint density at radius 2 is 2.06 bits per heavy atom. The van der Waals surface area contributed by atoms with E-state index in [1.165, 1.54) is 5.56 Å². The SMILES string of the molecule is Cc1nn(C)cc1CNCC(C)(C)C(C)C. The highest BCUT2D eigenvalue weighted by Crippen LogP contribution is 2.24. The van der Waals surface area contributed by atoms with Gasteiger partial charge in [0.2, 0.25) is 0 Å². The molecule has 0 aliphatic heterocycles. The van der Waals surface area contributed by atoms with E-state index in [1.807, 2.05) is 11.7 Å². The second-order valence-corrected chi connectivity index (χ2v) is 5.66. The molecular formula is C13H25N3. The molecule has 0 aromatic carbocycles. The lowest BCUT2D eigenvalue weighted by molar-refractivity contribution is 0.238. The molecule has 0 spiro atoms. The summed E-state index contributed by atoms with van der Waals surface area (Å²) in [5.41, 5.74) is 2.76. The summed E-state index contributed by atoms with van der Waals surface area (Å²) in [6, 6.07) is 0. The highest BCUT2D eigenvalue weighted by Gasteiger charge is 2.21. The molecule has 0 aliphatic rings. The third-order valence-electron chi connectivity index (χ3n) is 3.57. The van der Waals surface area contributed by atoms with Crippen molar-refractivity contribution in [1.82, 2.24) is 15.1 Å². The number of aromatic nitrogens is 2. The van der Waals surface area contributed by atoms with Gasteiger partial charge in [-0.05, 0) is 18.3 Å². The van der Waals surface area contributed by atoms with Crippen molar-refractivity contribution in [3.8, 4) is 0 Å². The van der Waals surface area contributed by atoms with Gasteiger partial charge in [-0.1, -0.05) is 27.7 Å². The van der Waals surface area contributed by atoms with E-state index in [-0.39, 0.29) is 0 Å². The molecule has 0 saturated carbocycles. The summed E-state index contributed by atoms with van der Waals surface area (Å²) < 4.78 is 1.87. The average Bonchev–Trinajstić information content (AvgIpc) is 2.44. The van der Waals surface area contributed by atoms with Gasteiger partial charge >= 0.3 is 0 Å². The van der Waals surface area contributed by atoms with E-state index in [9.17, 15) is 0 Å². The molecule has 1 rings (SSSR count). The Balaban J connectivity index is 2.44. The van der Waals surface area contributed by atoms with Crippen LogP contribution in [0, 0.1) is 18.3 Å². The van der Waals surface area contributed by atoms with Crippen LogP contribution in [0.15, 0.2) is 6.20 Å². The minimum Gasteiger partial charge on any atom is -0.312 e. The zero-order valence-corrected chi connectivity index (χ0v) is 11.5. The molecule has 0 unspecified atom stereocenters. The summed E-state index contributed by atoms with van der Waals surface area (Å²) in [6.07, 6.45) is 2.09. The van der Waals surface area contributed by atoms with Gasteiger partial charge in [0.25, 0.3) is 0 Å². The molecule has 1 heterocycles. The fourth-order valence-corrected chi connectivity index (χ4v) is 1.55. The van der Waals surface area contributed by atoms with Crippen LogP contribution in [0.2, 0.25) is 0 Å². The van der Waals surface area contributed by atoms with Crippen LogP contribution in [0.25, 0.3) is 0 Å². The van der Waals surface area contributed by atoms with Gasteiger partial charge in [0.15, 0.2) is 0 Å². The quantitative estimate of drug-likeness (QED) is 0.831. The van der Waals surface area contributed by atoms with Gasteiger partial charge in [-0.2, -0.15) is 5.10 Å². The van der Waals surface area contributed by atoms with E-state index in [0.29, 0.717) is 11.3 Å². The Kier molecular flexibility index (Phi) is 4.14. The van der Waals surface area contributed by atoms with Crippen LogP contribution < -0.4 is 5.32 Å². The molecule has 0 amide bonds. The smallest absolute Gasteiger partial charge is 0.0638 e. The van der Waals surface area contributed by atoms with Crippen LogP contribution in [0.3, 0.4) is 0 Å². The summed E-state index contributed by atoms with van der Waals surface area (Å²) >= 11 is 0. The highest BCUT2D eigenvalue weighted by atomic mass is 15.2. The third-order valence-corrected chi connectivity index (χ3v) is 3.57. The average molecular weight is 223 g/mol. The zero-order chi connectivity index (χ0) is 12.3. The lowest BCUT2D eigenvalue weighted by atomic mass is 9.81. The van der Waals surface area contributed by atoms with Gasteiger partial charge in [0.1, 0.15) is 0 Å². The van der Waals surface area contributed by atoms with Crippen molar-refractivity contribution in [2.75, 3.05) is 6.54 Å². The predicted octanol–water partition coefficient (Wildman–Crippen LogP) is 2.50. The molecule has 0 aliphatic carbocycles. The lowest BCUT2D eigenvalue weighted by Gasteiger charge is -2.29. The zero-order valence-electron chi connectivity index (χ0n) is 11.5. The Bertz CT molecular complexity index is 337. The number of aryl methyl sites for hydroxylation is 2. The van der Waals surface area contributed by atoms with E-state index in [0.717, 1.165) is 18.8 Å². The number of rotatable bonds is 5. The molecule has 0 bridgehead atoms. The number of nitrogens with one attached hydrogen (secondary N) is 1. The van der Waals surface area contributed by atoms with Crippen LogP contribution in [0.1, 0.15) is 39.0 Å². The Morgan fingerprint density at radius 1 is 1.44 bits per heavy atom. The molecule has 0 radical (unpaired) electrons. The van der Waals surface area contributed by atoms with Crippen molar-refractivity contribution in [3.05, 3.63) is 17.5 Å². The monoisotopic (exact) mass is 223 g/mol. The molecule has 1 aromatic heterocycles. The van der Waals surface area contributed by atoms with E-state index >= 15 is 0 Å². The molecule has 0 atom stereocenters. The van der Waals surface area contributed by atoms with Gasteiger partial charge < -0.3 is 5.32 Å². The standard InChI is InChI=1S/C13H25N3/c1-10(2)13(4,5)9-14-7-12-8-16(6)15-11(12)3/h8,10,14H,7,9H2,1-6H3. The predicted molar refractivity (Wildman–Crippen MR) is 68.3 cm³/mol. The molecule has 92 valence electrons. The number of hydrogen-bond donors (Lipinski definition) is 1. The summed E-state index contributed by atoms with van der Waals surface area (Å²) in [7, 11) is 1.97. The van der Waals surface area contributed by atoms with Crippen LogP contribution >= 0.6 is 0 Å². The maximum Gasteiger partial charge on any atom is 0.0638 e. The summed E-state index contributed by atoms with van der Waals surface area (Å²) in [5.74, 6) is 0.690. The van der Waals surface area contributed by atoms with Crippen molar-refractivity contribution in [2.45, 2.75) is 41.2 Å². The molecule has 1 N–H and O–H groups in total. The molecule has 0 saturated heterocycles. The second-order valence-electron chi connectivity index (χ2n) is 5.66. The highest BCUT2D eigenvalue weighted by molar-refractivity contribution is 5.14. The second kappa shape index (κ2) is 5.00. The van der Waals surface area contributed by atoms with E-state index in [2.05, 4.69) is 51.2 Å². The van der Waals surface area contributed by atoms with Crippen molar-refractivity contribution < 1.29 is 0 Å². The molecule has 3 nitrogen and oxygen atoms in total. The van der Waals surface area contributed by atoms with Gasteiger partial charge in [-0.3, -0.25) is 4.68 Å². The van der Waals surface area contributed by atoms with Gasteiger partial charge in [0, 0.05) is 31.9 Å². The number of hydrogen-bond acceptors (Lipinski definition) is 2. The van der Waals surface area contributed by atoms with Crippen LogP contribution in [0.5, 0.6) is 0 Å². The Morgan fingerprint density at radius 3 is 2.50 bits per heavy atom. The summed E-state index contributed by atoms with van der Waals surface area (Å²) in [6.45, 7) is 13.2. The first kappa shape index (κ1) is 13.2. The van der Waals surface area contributed by atoms with Crippen LogP contribution in [-0.4, -0.2) is 16.3 Å². The van der Waals surface area contributed by atoms with E-state index in [4.69, 9.17) is 0 Å². The van der Waals surface area contributed by atoms with Gasteiger partial charge in [-0.15, -0.1) is 0 Å². The summed E-state index contributed by atoms with van der Waals surface area (Å²) in [4.78, 5) is 0. The van der Waals surface area contributed by atoms with Crippen molar-refractivity contribution in [3.63, 3.8) is 0 Å². The molecule has 1 aromatic rings. The normalized spacial score (nSPS) is 12.4. The largest absolute Gasteiger partial charge is 0.312 e. The third kappa shape index (κ3) is 3.34. The fraction of sp³-hybridized carbons (Fsp3) is 0.769. The maximum atomic E-state index is 4.34. The van der Waals surface area contributed by atoms with Gasteiger partial charge in [-0.25, -0.2) is 0 Å².